The molecule has 0 unspecified atom stereocenters. The highest BCUT2D eigenvalue weighted by molar-refractivity contribution is 5.77. The highest BCUT2D eigenvalue weighted by Crippen LogP contribution is 2.29. The summed E-state index contributed by atoms with van der Waals surface area (Å²) in [4.78, 5) is 8.72. The van der Waals surface area contributed by atoms with Crippen molar-refractivity contribution in [1.82, 2.24) is 9.97 Å². The molecule has 3 aromatic rings. The summed E-state index contributed by atoms with van der Waals surface area (Å²) >= 11 is 0. The first-order valence-corrected chi connectivity index (χ1v) is 6.77. The zero-order valence-electron chi connectivity index (χ0n) is 12.3. The van der Waals surface area contributed by atoms with E-state index < -0.39 is 0 Å². The van der Waals surface area contributed by atoms with Crippen LogP contribution in [-0.4, -0.2) is 9.97 Å². The van der Waals surface area contributed by atoms with E-state index in [0.29, 0.717) is 5.89 Å². The van der Waals surface area contributed by atoms with Gasteiger partial charge in [-0.2, -0.15) is 0 Å². The van der Waals surface area contributed by atoms with E-state index in [4.69, 9.17) is 4.42 Å². The number of aryl methyl sites for hydroxylation is 1. The normalized spacial score (nSPS) is 12.0. The van der Waals surface area contributed by atoms with Crippen molar-refractivity contribution in [3.63, 3.8) is 0 Å². The van der Waals surface area contributed by atoms with Gasteiger partial charge in [-0.05, 0) is 41.7 Å². The number of rotatable bonds is 1. The van der Waals surface area contributed by atoms with Crippen LogP contribution in [0.4, 0.5) is 0 Å². The van der Waals surface area contributed by atoms with Gasteiger partial charge in [0.15, 0.2) is 5.58 Å². The fourth-order valence-electron chi connectivity index (χ4n) is 2.22. The van der Waals surface area contributed by atoms with Crippen molar-refractivity contribution in [3.8, 4) is 11.5 Å². The summed E-state index contributed by atoms with van der Waals surface area (Å²) in [5.41, 5.74) is 5.16. The quantitative estimate of drug-likeness (QED) is 0.651. The Bertz CT molecular complexity index is 766. The Balaban J connectivity index is 2.14. The van der Waals surface area contributed by atoms with Crippen molar-refractivity contribution in [1.29, 1.82) is 0 Å². The van der Waals surface area contributed by atoms with Gasteiger partial charge in [-0.15, -0.1) is 0 Å². The minimum Gasteiger partial charge on any atom is -0.436 e. The molecule has 0 radical (unpaired) electrons. The molecule has 0 bridgehead atoms. The molecule has 1 aromatic carbocycles. The second-order valence-corrected chi connectivity index (χ2v) is 6.14. The van der Waals surface area contributed by atoms with E-state index in [1.165, 1.54) is 5.56 Å². The molecule has 3 rings (SSSR count). The van der Waals surface area contributed by atoms with Gasteiger partial charge in [0.25, 0.3) is 0 Å². The van der Waals surface area contributed by atoms with Gasteiger partial charge >= 0.3 is 0 Å². The van der Waals surface area contributed by atoms with E-state index in [2.05, 4.69) is 42.9 Å². The lowest BCUT2D eigenvalue weighted by molar-refractivity contribution is 0.590. The molecule has 0 amide bonds. The van der Waals surface area contributed by atoms with Crippen LogP contribution in [0, 0.1) is 6.92 Å². The first-order chi connectivity index (χ1) is 9.45. The topological polar surface area (TPSA) is 38.9 Å². The zero-order valence-corrected chi connectivity index (χ0v) is 12.3. The van der Waals surface area contributed by atoms with Gasteiger partial charge in [-0.3, -0.25) is 4.98 Å². The van der Waals surface area contributed by atoms with E-state index >= 15 is 0 Å². The van der Waals surface area contributed by atoms with Crippen molar-refractivity contribution >= 4 is 11.1 Å². The Kier molecular flexibility index (Phi) is 2.85. The van der Waals surface area contributed by atoms with Crippen LogP contribution >= 0.6 is 0 Å². The molecule has 102 valence electrons. The lowest BCUT2D eigenvalue weighted by atomic mass is 9.87. The summed E-state index contributed by atoms with van der Waals surface area (Å²) in [6.07, 6.45) is 3.59. The zero-order chi connectivity index (χ0) is 14.3. The Hall–Kier alpha value is -2.16. The number of nitrogens with zero attached hydrogens (tertiary/aromatic N) is 2. The van der Waals surface area contributed by atoms with Gasteiger partial charge in [0.2, 0.25) is 5.89 Å². The fraction of sp³-hybridized carbons (Fsp3) is 0.294. The fourth-order valence-corrected chi connectivity index (χ4v) is 2.22. The number of oxazole rings is 1. The number of pyridine rings is 1. The summed E-state index contributed by atoms with van der Waals surface area (Å²) in [7, 11) is 0. The molecule has 0 aliphatic carbocycles. The maximum Gasteiger partial charge on any atom is 0.227 e. The minimum absolute atomic E-state index is 0.111. The predicted octanol–water partition coefficient (Wildman–Crippen LogP) is 4.50. The van der Waals surface area contributed by atoms with Gasteiger partial charge < -0.3 is 4.42 Å². The first-order valence-electron chi connectivity index (χ1n) is 6.77. The SMILES string of the molecule is Cc1cnccc1-c1nc2cc(C(C)(C)C)ccc2o1. The van der Waals surface area contributed by atoms with Gasteiger partial charge in [-0.25, -0.2) is 4.98 Å². The highest BCUT2D eigenvalue weighted by atomic mass is 16.3. The third kappa shape index (κ3) is 2.20. The lowest BCUT2D eigenvalue weighted by Gasteiger charge is -2.18. The van der Waals surface area contributed by atoms with E-state index in [9.17, 15) is 0 Å². The largest absolute Gasteiger partial charge is 0.436 e. The van der Waals surface area contributed by atoms with Crippen LogP contribution < -0.4 is 0 Å². The maximum absolute atomic E-state index is 5.86. The van der Waals surface area contributed by atoms with E-state index in [-0.39, 0.29) is 5.41 Å². The monoisotopic (exact) mass is 266 g/mol. The Morgan fingerprint density at radius 2 is 1.90 bits per heavy atom. The van der Waals surface area contributed by atoms with Gasteiger partial charge in [0, 0.05) is 18.0 Å². The predicted molar refractivity (Wildman–Crippen MR) is 80.7 cm³/mol. The molecular weight excluding hydrogens is 248 g/mol. The summed E-state index contributed by atoms with van der Waals surface area (Å²) in [6, 6.07) is 8.16. The smallest absolute Gasteiger partial charge is 0.227 e. The molecule has 20 heavy (non-hydrogen) atoms. The number of benzene rings is 1. The third-order valence-corrected chi connectivity index (χ3v) is 3.50. The lowest BCUT2D eigenvalue weighted by Crippen LogP contribution is -2.10. The summed E-state index contributed by atoms with van der Waals surface area (Å²) in [5, 5.41) is 0. The Morgan fingerprint density at radius 1 is 1.10 bits per heavy atom. The van der Waals surface area contributed by atoms with Gasteiger partial charge in [0.05, 0.1) is 0 Å². The van der Waals surface area contributed by atoms with Crippen molar-refractivity contribution in [2.24, 2.45) is 0 Å². The summed E-state index contributed by atoms with van der Waals surface area (Å²) in [6.45, 7) is 8.60. The van der Waals surface area contributed by atoms with E-state index in [1.807, 2.05) is 25.3 Å². The number of fused-ring (bicyclic) bond motifs is 1. The highest BCUT2D eigenvalue weighted by Gasteiger charge is 2.16. The molecule has 0 spiro atoms. The molecule has 3 nitrogen and oxygen atoms in total. The number of hydrogen-bond donors (Lipinski definition) is 0. The summed E-state index contributed by atoms with van der Waals surface area (Å²) in [5.74, 6) is 0.658. The van der Waals surface area contributed by atoms with Crippen molar-refractivity contribution < 1.29 is 4.42 Å². The second kappa shape index (κ2) is 4.44. The van der Waals surface area contributed by atoms with Crippen molar-refractivity contribution in [2.45, 2.75) is 33.1 Å². The minimum atomic E-state index is 0.111. The van der Waals surface area contributed by atoms with Crippen molar-refractivity contribution in [3.05, 3.63) is 47.8 Å². The molecular formula is C17H18N2O. The molecule has 2 aromatic heterocycles. The van der Waals surface area contributed by atoms with E-state index in [0.717, 1.165) is 22.2 Å². The first kappa shape index (κ1) is 12.9. The molecule has 0 saturated heterocycles. The Morgan fingerprint density at radius 3 is 2.60 bits per heavy atom. The van der Waals surface area contributed by atoms with E-state index in [1.54, 1.807) is 6.20 Å². The molecule has 3 heteroatoms. The Labute approximate surface area is 118 Å². The van der Waals surface area contributed by atoms with Crippen molar-refractivity contribution in [2.75, 3.05) is 0 Å². The average Bonchev–Trinajstić information content (AvgIpc) is 2.80. The molecule has 0 N–H and O–H groups in total. The molecule has 0 aliphatic heterocycles. The molecule has 0 aliphatic rings. The average molecular weight is 266 g/mol. The maximum atomic E-state index is 5.86. The van der Waals surface area contributed by atoms with Crippen LogP contribution in [0.2, 0.25) is 0 Å². The number of aromatic nitrogens is 2. The standard InChI is InChI=1S/C17H18N2O/c1-11-10-18-8-7-13(11)16-19-14-9-12(17(2,3)4)5-6-15(14)20-16/h5-10H,1-4H3. The molecule has 0 atom stereocenters. The van der Waals surface area contributed by atoms with Crippen LogP contribution in [0.1, 0.15) is 31.9 Å². The third-order valence-electron chi connectivity index (χ3n) is 3.50. The molecule has 2 heterocycles. The molecule has 0 saturated carbocycles. The van der Waals surface area contributed by atoms with Crippen LogP contribution in [0.25, 0.3) is 22.6 Å². The van der Waals surface area contributed by atoms with Gasteiger partial charge in [0.1, 0.15) is 5.52 Å². The van der Waals surface area contributed by atoms with Crippen LogP contribution in [-0.2, 0) is 5.41 Å². The van der Waals surface area contributed by atoms with Crippen LogP contribution in [0.15, 0.2) is 41.1 Å². The van der Waals surface area contributed by atoms with Gasteiger partial charge in [-0.1, -0.05) is 26.8 Å². The summed E-state index contributed by atoms with van der Waals surface area (Å²) < 4.78 is 5.86. The van der Waals surface area contributed by atoms with Crippen LogP contribution in [0.5, 0.6) is 0 Å². The molecule has 0 fully saturated rings. The second-order valence-electron chi connectivity index (χ2n) is 6.14. The van der Waals surface area contributed by atoms with Crippen LogP contribution in [0.3, 0.4) is 0 Å². The number of hydrogen-bond acceptors (Lipinski definition) is 3.